The number of benzene rings is 4. The number of hydrogen-bond acceptors (Lipinski definition) is 3. The van der Waals surface area contributed by atoms with Crippen LogP contribution in [0.15, 0.2) is 65.6 Å². The van der Waals surface area contributed by atoms with E-state index in [0.29, 0.717) is 5.56 Å². The summed E-state index contributed by atoms with van der Waals surface area (Å²) < 4.78 is 97.3. The maximum absolute atomic E-state index is 14.1. The van der Waals surface area contributed by atoms with E-state index >= 15 is 0 Å². The van der Waals surface area contributed by atoms with Crippen molar-refractivity contribution in [2.45, 2.75) is 58.5 Å². The first-order chi connectivity index (χ1) is 20.6. The topological polar surface area (TPSA) is 74.3 Å². The Hall–Kier alpha value is -2.69. The number of halogens is 6. The van der Waals surface area contributed by atoms with Crippen LogP contribution in [0, 0.1) is 70.6 Å². The van der Waals surface area contributed by atoms with Crippen LogP contribution in [0.4, 0.5) is 22.0 Å². The Kier molecular flexibility index (Phi) is 13.7. The van der Waals surface area contributed by atoms with E-state index in [-0.39, 0.29) is 5.56 Å². The Morgan fingerprint density at radius 1 is 0.591 bits per heavy atom. The van der Waals surface area contributed by atoms with Crippen LogP contribution in [-0.4, -0.2) is 8.42 Å². The van der Waals surface area contributed by atoms with Crippen molar-refractivity contribution in [1.29, 1.82) is 0 Å². The zero-order valence-electron chi connectivity index (χ0n) is 24.8. The number of nitrogens with two attached hydrogens (primary N) is 1. The van der Waals surface area contributed by atoms with Gasteiger partial charge in [-0.3, -0.25) is 0 Å². The summed E-state index contributed by atoms with van der Waals surface area (Å²) in [5.41, 5.74) is 15.6. The van der Waals surface area contributed by atoms with Gasteiger partial charge in [0.15, 0.2) is 23.3 Å². The van der Waals surface area contributed by atoms with Crippen LogP contribution in [0.5, 0.6) is 0 Å². The molecule has 0 radical (unpaired) electrons. The molecule has 4 nitrogen and oxygen atoms in total. The molecule has 4 rings (SSSR count). The third-order valence-electron chi connectivity index (χ3n) is 7.72. The maximum atomic E-state index is 14.1. The van der Waals surface area contributed by atoms with E-state index in [4.69, 9.17) is 5.73 Å². The third-order valence-corrected chi connectivity index (χ3v) is 9.10. The molecule has 238 valence electrons. The first kappa shape index (κ1) is 37.5. The number of hydrogen-bond donors (Lipinski definition) is 1. The molecule has 12 heteroatoms. The van der Waals surface area contributed by atoms with Gasteiger partial charge in [-0.25, -0.2) is 30.4 Å². The van der Waals surface area contributed by atoms with Crippen molar-refractivity contribution < 1.29 is 47.7 Å². The standard InChI is InChI=1S/C20H14F5N2O2S.C12H18.ClH.Ru/c21-13-14(22)16(24)20(17(25)15(13)23)30(28,29)27-19(12-9-5-2-6-10-12)18(26)11-7-3-1-4-8-11;1-7-8(2)10(4)12(6)11(5)9(7)3;;/h1-10,18-19H,26H2;1-6H3;1H;/q-1;;;+2/p-1/t18-,19-;;;/m0.../s1. The molecule has 0 amide bonds. The molecule has 0 spiro atoms. The molecule has 0 fully saturated rings. The van der Waals surface area contributed by atoms with E-state index < -0.39 is 56.1 Å². The SMILES string of the molecule is Cc1c(C)c(C)c(C)c(C)c1C.N[C@@H](c1ccccc1)[C@@H]([N-]S(=O)(=O)c1c(F)c(F)c(F)c(F)c1F)c1ccccc1.[Cl][Ru+]. The molecular formula is C32H32ClF5N2O2RuS. The first-order valence-electron chi connectivity index (χ1n) is 13.1. The summed E-state index contributed by atoms with van der Waals surface area (Å²) in [6, 6.07) is 13.3. The van der Waals surface area contributed by atoms with Gasteiger partial charge in [-0.1, -0.05) is 72.3 Å². The van der Waals surface area contributed by atoms with Crippen LogP contribution >= 0.6 is 9.69 Å². The fraction of sp³-hybridized carbons (Fsp3) is 0.250. The second-order valence-corrected chi connectivity index (χ2v) is 11.6. The van der Waals surface area contributed by atoms with E-state index in [2.05, 4.69) is 56.0 Å². The predicted octanol–water partition coefficient (Wildman–Crippen LogP) is 9.11. The molecule has 4 aromatic carbocycles. The quantitative estimate of drug-likeness (QED) is 0.0928. The van der Waals surface area contributed by atoms with Gasteiger partial charge in [0, 0.05) is 6.04 Å². The average Bonchev–Trinajstić information content (AvgIpc) is 3.04. The summed E-state index contributed by atoms with van der Waals surface area (Å²) in [6.45, 7) is 13.3. The van der Waals surface area contributed by atoms with E-state index in [9.17, 15) is 30.4 Å². The van der Waals surface area contributed by atoms with Crippen molar-refractivity contribution >= 4 is 19.7 Å². The number of rotatable bonds is 6. The predicted molar refractivity (Wildman–Crippen MR) is 160 cm³/mol. The van der Waals surface area contributed by atoms with Gasteiger partial charge in [-0.15, -0.1) is 0 Å². The fourth-order valence-electron chi connectivity index (χ4n) is 4.54. The summed E-state index contributed by atoms with van der Waals surface area (Å²) in [5.74, 6) is -12.2. The van der Waals surface area contributed by atoms with Crippen LogP contribution in [-0.2, 0) is 27.3 Å². The molecule has 0 heterocycles. The van der Waals surface area contributed by atoms with Crippen molar-refractivity contribution in [2.24, 2.45) is 5.73 Å². The summed E-state index contributed by atoms with van der Waals surface area (Å²) in [7, 11) is -0.767. The van der Waals surface area contributed by atoms with Crippen LogP contribution in [0.3, 0.4) is 0 Å². The van der Waals surface area contributed by atoms with Crippen LogP contribution in [0.2, 0.25) is 0 Å². The zero-order chi connectivity index (χ0) is 33.5. The van der Waals surface area contributed by atoms with Crippen molar-refractivity contribution in [1.82, 2.24) is 0 Å². The Bertz CT molecular complexity index is 1580. The molecule has 0 aliphatic rings. The minimum atomic E-state index is -5.34. The Morgan fingerprint density at radius 2 is 0.886 bits per heavy atom. The fourth-order valence-corrected chi connectivity index (χ4v) is 5.83. The number of nitrogens with zero attached hydrogens (tertiary/aromatic N) is 1. The van der Waals surface area contributed by atoms with E-state index in [0.717, 1.165) is 0 Å². The number of sulfonamides is 1. The van der Waals surface area contributed by atoms with Gasteiger partial charge < -0.3 is 10.5 Å². The van der Waals surface area contributed by atoms with E-state index in [1.54, 1.807) is 48.5 Å². The average molecular weight is 740 g/mol. The van der Waals surface area contributed by atoms with Gasteiger partial charge >= 0.3 is 27.0 Å². The van der Waals surface area contributed by atoms with E-state index in [1.165, 1.54) is 45.5 Å². The molecule has 4 aromatic rings. The molecular weight excluding hydrogens is 708 g/mol. The molecule has 2 atom stereocenters. The van der Waals surface area contributed by atoms with Crippen molar-refractivity contribution in [2.75, 3.05) is 0 Å². The van der Waals surface area contributed by atoms with Gasteiger partial charge in [0.1, 0.15) is 14.9 Å². The monoisotopic (exact) mass is 740 g/mol. The van der Waals surface area contributed by atoms with Gasteiger partial charge in [0.25, 0.3) is 0 Å². The van der Waals surface area contributed by atoms with Crippen LogP contribution in [0.25, 0.3) is 4.72 Å². The molecule has 0 aromatic heterocycles. The van der Waals surface area contributed by atoms with Gasteiger partial charge in [-0.05, 0) is 80.5 Å². The molecule has 0 unspecified atom stereocenters. The summed E-state index contributed by atoms with van der Waals surface area (Å²) >= 11 is 1.82. The molecule has 0 bridgehead atoms. The Morgan fingerprint density at radius 3 is 1.23 bits per heavy atom. The Labute approximate surface area is 269 Å². The van der Waals surface area contributed by atoms with Crippen LogP contribution < -0.4 is 5.73 Å². The zero-order valence-corrected chi connectivity index (χ0v) is 28.1. The molecule has 2 N–H and O–H groups in total. The second-order valence-electron chi connectivity index (χ2n) is 10.0. The summed E-state index contributed by atoms with van der Waals surface area (Å²) in [6.07, 6.45) is 0. The van der Waals surface area contributed by atoms with E-state index in [1.807, 2.05) is 17.3 Å². The van der Waals surface area contributed by atoms with Crippen molar-refractivity contribution in [3.05, 3.63) is 139 Å². The molecule has 0 aliphatic heterocycles. The Balaban J connectivity index is 0.000000403. The van der Waals surface area contributed by atoms with Crippen LogP contribution in [0.1, 0.15) is 56.6 Å². The molecule has 0 aliphatic carbocycles. The summed E-state index contributed by atoms with van der Waals surface area (Å²) in [4.78, 5) is -2.03. The molecule has 0 saturated heterocycles. The second kappa shape index (κ2) is 16.0. The van der Waals surface area contributed by atoms with Gasteiger partial charge in [0.2, 0.25) is 5.82 Å². The van der Waals surface area contributed by atoms with Crippen molar-refractivity contribution in [3.63, 3.8) is 0 Å². The van der Waals surface area contributed by atoms with Crippen molar-refractivity contribution in [3.8, 4) is 0 Å². The third kappa shape index (κ3) is 8.12. The minimum absolute atomic E-state index is 0.265. The van der Waals surface area contributed by atoms with Gasteiger partial charge in [-0.2, -0.15) is 0 Å². The molecule has 0 saturated carbocycles. The summed E-state index contributed by atoms with van der Waals surface area (Å²) in [5, 5.41) is 0. The first-order valence-corrected chi connectivity index (χ1v) is 16.8. The molecule has 44 heavy (non-hydrogen) atoms. The van der Waals surface area contributed by atoms with Gasteiger partial charge in [0.05, 0.1) is 0 Å². The normalized spacial score (nSPS) is 12.4.